The molecule has 0 saturated heterocycles. The van der Waals surface area contributed by atoms with E-state index in [1.807, 2.05) is 48.4 Å². The van der Waals surface area contributed by atoms with Crippen LogP contribution in [-0.2, 0) is 42.6 Å². The first-order chi connectivity index (χ1) is 38.2. The second kappa shape index (κ2) is 23.9. The fraction of sp³-hybridized carbons (Fsp3) is 0.379. The maximum atomic E-state index is 13.7. The van der Waals surface area contributed by atoms with E-state index < -0.39 is 41.6 Å². The van der Waals surface area contributed by atoms with Crippen LogP contribution in [0.2, 0.25) is 0 Å². The molecule has 80 heavy (non-hydrogen) atoms. The number of aryl methyl sites for hydroxylation is 1. The highest BCUT2D eigenvalue weighted by atomic mass is 32.1. The van der Waals surface area contributed by atoms with Gasteiger partial charge in [0.05, 0.1) is 15.8 Å². The summed E-state index contributed by atoms with van der Waals surface area (Å²) in [7, 11) is 0. The van der Waals surface area contributed by atoms with Crippen LogP contribution in [0, 0.1) is 12.8 Å². The van der Waals surface area contributed by atoms with E-state index in [1.54, 1.807) is 22.0 Å². The van der Waals surface area contributed by atoms with Gasteiger partial charge in [-0.1, -0.05) is 43.9 Å². The van der Waals surface area contributed by atoms with Crippen molar-refractivity contribution in [1.29, 1.82) is 0 Å². The van der Waals surface area contributed by atoms with E-state index in [0.717, 1.165) is 109 Å². The number of halogens is 6. The zero-order chi connectivity index (χ0) is 56.9. The lowest BCUT2D eigenvalue weighted by molar-refractivity contribution is -0.167. The number of carbonyl (C=O) groups is 6. The molecule has 15 nitrogen and oxygen atoms in total. The fourth-order valence-electron chi connectivity index (χ4n) is 10.7. The van der Waals surface area contributed by atoms with Crippen molar-refractivity contribution >= 4 is 74.1 Å². The average molecular weight is 1130 g/mol. The number of hydrogen-bond acceptors (Lipinski definition) is 10. The smallest absolute Gasteiger partial charge is 0.456 e. The van der Waals surface area contributed by atoms with Gasteiger partial charge in [0, 0.05) is 95.3 Å². The van der Waals surface area contributed by atoms with Crippen LogP contribution in [0.3, 0.4) is 0 Å². The summed E-state index contributed by atoms with van der Waals surface area (Å²) in [6.45, 7) is 6.39. The predicted molar refractivity (Wildman–Crippen MR) is 289 cm³/mol. The molecule has 6 aromatic rings. The number of rotatable bonds is 20. The van der Waals surface area contributed by atoms with Crippen LogP contribution < -0.4 is 36.2 Å². The fourth-order valence-corrected chi connectivity index (χ4v) is 11.6. The number of esters is 1. The summed E-state index contributed by atoms with van der Waals surface area (Å²) in [5.74, 6) is -6.30. The Morgan fingerprint density at radius 3 is 1.95 bits per heavy atom. The van der Waals surface area contributed by atoms with Gasteiger partial charge in [-0.25, -0.2) is 4.79 Å². The lowest BCUT2D eigenvalue weighted by Gasteiger charge is -2.37. The van der Waals surface area contributed by atoms with Gasteiger partial charge in [0.1, 0.15) is 18.0 Å². The molecule has 0 bridgehead atoms. The summed E-state index contributed by atoms with van der Waals surface area (Å²) in [6.07, 6.45) is -1.98. The van der Waals surface area contributed by atoms with Gasteiger partial charge in [0.15, 0.2) is 5.60 Å². The molecule has 9 rings (SSSR count). The molecule has 4 heterocycles. The highest BCUT2D eigenvalue weighted by Crippen LogP contribution is 2.57. The van der Waals surface area contributed by atoms with Crippen LogP contribution in [-0.4, -0.2) is 78.1 Å². The summed E-state index contributed by atoms with van der Waals surface area (Å²) in [5.41, 5.74) is 1.93. The summed E-state index contributed by atoms with van der Waals surface area (Å²) >= 11 is 1.66. The molecular formula is C58H59F6N7O8S. The van der Waals surface area contributed by atoms with Gasteiger partial charge in [-0.05, 0) is 124 Å². The lowest BCUT2D eigenvalue weighted by Crippen LogP contribution is -2.39. The Hall–Kier alpha value is -7.72. The number of unbranched alkanes of at least 4 members (excludes halogenated alkanes) is 5. The summed E-state index contributed by atoms with van der Waals surface area (Å²) < 4.78 is 94.0. The first-order valence-corrected chi connectivity index (χ1v) is 27.4. The van der Waals surface area contributed by atoms with Crippen molar-refractivity contribution in [2.24, 2.45) is 5.92 Å². The average Bonchev–Trinajstić information content (AvgIpc) is 4.16. The topological polar surface area (TPSA) is 189 Å². The number of alkyl halides is 6. The number of likely N-dealkylation sites (N-methyl/N-ethyl adjacent to an activating group) is 1. The number of hydrogen-bond donors (Lipinski definition) is 5. The molecule has 2 aromatic heterocycles. The molecule has 5 N–H and O–H groups in total. The van der Waals surface area contributed by atoms with E-state index in [4.69, 9.17) is 9.47 Å². The zero-order valence-corrected chi connectivity index (χ0v) is 44.7. The Balaban J connectivity index is 0.702. The molecule has 1 aliphatic carbocycles. The number of nitrogens with zero attached hydrogens (tertiary/aromatic N) is 2. The Morgan fingerprint density at radius 1 is 0.725 bits per heavy atom. The van der Waals surface area contributed by atoms with Gasteiger partial charge in [0.2, 0.25) is 11.8 Å². The van der Waals surface area contributed by atoms with E-state index in [0.29, 0.717) is 32.6 Å². The molecular weight excluding hydrogens is 1070 g/mol. The Labute approximate surface area is 460 Å². The van der Waals surface area contributed by atoms with Gasteiger partial charge < -0.3 is 45.5 Å². The minimum Gasteiger partial charge on any atom is -0.456 e. The van der Waals surface area contributed by atoms with Crippen LogP contribution in [0.4, 0.5) is 43.4 Å². The van der Waals surface area contributed by atoms with Crippen molar-refractivity contribution in [2.75, 3.05) is 35.2 Å². The third-order valence-electron chi connectivity index (χ3n) is 14.8. The van der Waals surface area contributed by atoms with E-state index >= 15 is 0 Å². The Morgan fingerprint density at radius 2 is 1.34 bits per heavy atom. The van der Waals surface area contributed by atoms with E-state index in [2.05, 4.69) is 32.7 Å². The van der Waals surface area contributed by atoms with Gasteiger partial charge in [-0.15, -0.1) is 11.3 Å². The molecule has 3 aliphatic rings. The standard InChI is InChI=1S/C58H59F6N7O8S/c1-3-70(40-12-10-11-34(2)27-40)50(72)33-71-41(31-49-46(71)23-26-80-49)32-67-37-16-13-35(14-17-37)51(73)65-24-8-6-4-5-7-9-25-66-52(74)36-15-20-43-42(28-36)53(75)79-56(43)44-21-18-38(68-54(76)57(59,60)61)29-47(44)78-48-30-39(19-22-45(48)56)69-55(77)58(62,63)64/h10-12,15,18-23,26-31,35,37,67H,3-9,13-14,16-17,24-25,32-33H2,1-2H3,(H,65,73)(H,66,74)(H,68,76)(H,69,77)/t35-,37-. The lowest BCUT2D eigenvalue weighted by atomic mass is 9.77. The van der Waals surface area contributed by atoms with E-state index in [9.17, 15) is 55.1 Å². The Bertz CT molecular complexity index is 3250. The molecule has 5 amide bonds. The molecule has 1 spiro atoms. The molecule has 0 atom stereocenters. The monoisotopic (exact) mass is 1130 g/mol. The quantitative estimate of drug-likeness (QED) is 0.0281. The first kappa shape index (κ1) is 57.0. The summed E-state index contributed by atoms with van der Waals surface area (Å²) in [5, 5.41) is 15.2. The second-order valence-electron chi connectivity index (χ2n) is 20.2. The van der Waals surface area contributed by atoms with E-state index in [1.165, 1.54) is 30.3 Å². The molecule has 1 fully saturated rings. The number of nitrogens with one attached hydrogen (secondary N) is 5. The van der Waals surface area contributed by atoms with Crippen molar-refractivity contribution in [3.63, 3.8) is 0 Å². The highest BCUT2D eigenvalue weighted by molar-refractivity contribution is 7.17. The number of carbonyl (C=O) groups excluding carboxylic acids is 6. The number of benzene rings is 4. The normalized spacial score (nSPS) is 16.2. The molecule has 0 unspecified atom stereocenters. The van der Waals surface area contributed by atoms with Crippen LogP contribution in [0.15, 0.2) is 96.4 Å². The SMILES string of the molecule is CCN(C(=O)Cn1c(CN[C@H]2CC[C@H](C(=O)NCCCCCCCCNC(=O)c3ccc4c(c3)C(=O)OC43c4ccc(NC(=O)C(F)(F)F)cc4Oc4cc(NC(=O)C(F)(F)F)ccc43)CC2)cc2sccc21)c1cccc(C)c1. The highest BCUT2D eigenvalue weighted by Gasteiger charge is 2.54. The Kier molecular flexibility index (Phi) is 17.0. The van der Waals surface area contributed by atoms with Crippen LogP contribution >= 0.6 is 11.3 Å². The molecule has 2 aliphatic heterocycles. The van der Waals surface area contributed by atoms with Crippen molar-refractivity contribution in [1.82, 2.24) is 20.5 Å². The number of fused-ring (bicyclic) bond motifs is 7. The third kappa shape index (κ3) is 12.5. The zero-order valence-electron chi connectivity index (χ0n) is 43.8. The molecule has 22 heteroatoms. The van der Waals surface area contributed by atoms with Crippen molar-refractivity contribution in [3.05, 3.63) is 135 Å². The van der Waals surface area contributed by atoms with Gasteiger partial charge in [0.25, 0.3) is 5.91 Å². The largest absolute Gasteiger partial charge is 0.471 e. The third-order valence-corrected chi connectivity index (χ3v) is 15.6. The number of ether oxygens (including phenoxy) is 2. The van der Waals surface area contributed by atoms with Gasteiger partial charge in [-0.2, -0.15) is 26.3 Å². The van der Waals surface area contributed by atoms with Crippen LogP contribution in [0.25, 0.3) is 10.2 Å². The number of anilines is 3. The minimum atomic E-state index is -5.24. The maximum Gasteiger partial charge on any atom is 0.471 e. The number of aromatic nitrogens is 1. The van der Waals surface area contributed by atoms with E-state index in [-0.39, 0.29) is 81.0 Å². The van der Waals surface area contributed by atoms with Crippen molar-refractivity contribution in [3.8, 4) is 11.5 Å². The maximum absolute atomic E-state index is 13.7. The van der Waals surface area contributed by atoms with Crippen LogP contribution in [0.5, 0.6) is 11.5 Å². The summed E-state index contributed by atoms with van der Waals surface area (Å²) in [4.78, 5) is 79.2. The summed E-state index contributed by atoms with van der Waals surface area (Å²) in [6, 6.07) is 23.6. The van der Waals surface area contributed by atoms with Gasteiger partial charge >= 0.3 is 30.1 Å². The predicted octanol–water partition coefficient (Wildman–Crippen LogP) is 11.2. The molecule has 0 radical (unpaired) electrons. The van der Waals surface area contributed by atoms with Crippen molar-refractivity contribution < 1.29 is 64.6 Å². The molecule has 4 aromatic carbocycles. The minimum absolute atomic E-state index is 0.0294. The first-order valence-electron chi connectivity index (χ1n) is 26.6. The van der Waals surface area contributed by atoms with Crippen LogP contribution in [0.1, 0.15) is 120 Å². The second-order valence-corrected chi connectivity index (χ2v) is 21.2. The number of thiophene rings is 1. The number of amides is 5. The molecule has 1 saturated carbocycles. The van der Waals surface area contributed by atoms with Gasteiger partial charge in [-0.3, -0.25) is 24.0 Å². The van der Waals surface area contributed by atoms with Crippen molar-refractivity contribution in [2.45, 2.75) is 115 Å². The molecule has 422 valence electrons.